The second-order valence-corrected chi connectivity index (χ2v) is 4.15. The molecule has 0 radical (unpaired) electrons. The molecular weight excluding hydrogens is 232 g/mol. The third kappa shape index (κ3) is 1.90. The Morgan fingerprint density at radius 3 is 3.00 bits per heavy atom. The largest absolute Gasteiger partial charge is 0.785 e. The van der Waals surface area contributed by atoms with Crippen molar-refractivity contribution in [2.75, 3.05) is 6.54 Å². The normalized spacial score (nSPS) is 23.7. The molecule has 1 saturated heterocycles. The van der Waals surface area contributed by atoms with Gasteiger partial charge < -0.3 is 10.3 Å². The van der Waals surface area contributed by atoms with Crippen molar-refractivity contribution in [3.05, 3.63) is 33.7 Å². The molecule has 0 saturated carbocycles. The summed E-state index contributed by atoms with van der Waals surface area (Å²) in [6, 6.07) is 1.98. The van der Waals surface area contributed by atoms with Gasteiger partial charge in [0, 0.05) is 22.9 Å². The lowest BCUT2D eigenvalue weighted by atomic mass is 10.1. The second-order valence-electron chi connectivity index (χ2n) is 3.24. The Morgan fingerprint density at radius 2 is 2.38 bits per heavy atom. The fraction of sp³-hybridized carbons (Fsp3) is 0.444. The molecule has 0 spiro atoms. The van der Waals surface area contributed by atoms with Crippen LogP contribution in [0.25, 0.3) is 0 Å². The van der Waals surface area contributed by atoms with Crippen LogP contribution in [0.5, 0.6) is 0 Å². The van der Waals surface area contributed by atoms with Gasteiger partial charge in [-0.25, -0.2) is 0 Å². The van der Waals surface area contributed by atoms with Crippen molar-refractivity contribution in [3.8, 4) is 0 Å². The summed E-state index contributed by atoms with van der Waals surface area (Å²) in [6.45, 7) is 0.650. The second kappa shape index (κ2) is 3.74. The lowest BCUT2D eigenvalue weighted by Gasteiger charge is -2.29. The maximum atomic E-state index is 11.4. The minimum Gasteiger partial charge on any atom is -0.785 e. The smallest absolute Gasteiger partial charge is 0.0410 e. The molecule has 2 rings (SSSR count). The van der Waals surface area contributed by atoms with E-state index in [0.717, 1.165) is 27.9 Å². The van der Waals surface area contributed by atoms with Gasteiger partial charge in [-0.1, -0.05) is 0 Å². The van der Waals surface area contributed by atoms with Gasteiger partial charge in [-0.15, -0.1) is 0 Å². The molecule has 4 heteroatoms. The molecule has 0 N–H and O–H groups in total. The van der Waals surface area contributed by atoms with E-state index in [0.29, 0.717) is 6.54 Å². The predicted octanol–water partition coefficient (Wildman–Crippen LogP) is 2.48. The van der Waals surface area contributed by atoms with Gasteiger partial charge >= 0.3 is 0 Å². The third-order valence-corrected chi connectivity index (χ3v) is 2.75. The van der Waals surface area contributed by atoms with E-state index in [1.54, 1.807) is 12.4 Å². The van der Waals surface area contributed by atoms with Crippen molar-refractivity contribution in [3.63, 3.8) is 0 Å². The molecule has 1 aliphatic rings. The maximum absolute atomic E-state index is 11.4. The van der Waals surface area contributed by atoms with Crippen LogP contribution in [-0.2, 0) is 0 Å². The van der Waals surface area contributed by atoms with E-state index in [1.807, 2.05) is 6.07 Å². The topological polar surface area (TPSA) is 39.2 Å². The first kappa shape index (κ1) is 9.12. The zero-order valence-corrected chi connectivity index (χ0v) is 8.70. The first-order valence-corrected chi connectivity index (χ1v) is 5.11. The van der Waals surface area contributed by atoms with Gasteiger partial charge in [0.15, 0.2) is 0 Å². The minimum atomic E-state index is 0.0185. The molecule has 1 atom stereocenters. The highest BCUT2D eigenvalue weighted by Gasteiger charge is 2.19. The highest BCUT2D eigenvalue weighted by atomic mass is 79.9. The lowest BCUT2D eigenvalue weighted by Crippen LogP contribution is -2.15. The molecule has 0 unspecified atom stereocenters. The Kier molecular flexibility index (Phi) is 2.62. The number of halogens is 1. The third-order valence-electron chi connectivity index (χ3n) is 2.31. The van der Waals surface area contributed by atoms with Crippen LogP contribution in [0.4, 0.5) is 0 Å². The van der Waals surface area contributed by atoms with Gasteiger partial charge in [-0.05, 0) is 46.9 Å². The van der Waals surface area contributed by atoms with E-state index in [-0.39, 0.29) is 6.04 Å². The highest BCUT2D eigenvalue weighted by Crippen LogP contribution is 2.31. The molecule has 70 valence electrons. The molecule has 0 amide bonds. The molecule has 3 nitrogen and oxygen atoms in total. The van der Waals surface area contributed by atoms with Crippen molar-refractivity contribution < 1.29 is 0 Å². The van der Waals surface area contributed by atoms with E-state index < -0.39 is 0 Å². The number of hydroxylamine groups is 2. The van der Waals surface area contributed by atoms with Crippen molar-refractivity contribution in [1.29, 1.82) is 0 Å². The van der Waals surface area contributed by atoms with Crippen molar-refractivity contribution >= 4 is 15.9 Å². The SMILES string of the molecule is [O-]N1CCC[C@@H]1c1cncc(Br)c1. The fourth-order valence-corrected chi connectivity index (χ4v) is 2.07. The summed E-state index contributed by atoms with van der Waals surface area (Å²) in [7, 11) is 0. The van der Waals surface area contributed by atoms with Crippen LogP contribution in [0.2, 0.25) is 0 Å². The molecule has 1 aromatic heterocycles. The summed E-state index contributed by atoms with van der Waals surface area (Å²) in [5.74, 6) is 0. The first-order valence-electron chi connectivity index (χ1n) is 4.31. The Labute approximate surface area is 85.5 Å². The maximum Gasteiger partial charge on any atom is 0.0410 e. The van der Waals surface area contributed by atoms with E-state index >= 15 is 0 Å². The molecule has 1 fully saturated rings. The number of aromatic nitrogens is 1. The van der Waals surface area contributed by atoms with Crippen molar-refractivity contribution in [1.82, 2.24) is 10.0 Å². The van der Waals surface area contributed by atoms with E-state index in [1.165, 1.54) is 0 Å². The quantitative estimate of drug-likeness (QED) is 0.759. The zero-order valence-electron chi connectivity index (χ0n) is 7.11. The summed E-state index contributed by atoms with van der Waals surface area (Å²) in [5, 5.41) is 12.5. The minimum absolute atomic E-state index is 0.0185. The van der Waals surface area contributed by atoms with Crippen LogP contribution < -0.4 is 0 Å². The number of hydrogen-bond acceptors (Lipinski definition) is 3. The van der Waals surface area contributed by atoms with Gasteiger partial charge in [0.1, 0.15) is 0 Å². The van der Waals surface area contributed by atoms with Crippen LogP contribution in [0.1, 0.15) is 24.4 Å². The molecule has 2 heterocycles. The Bertz CT molecular complexity index is 305. The van der Waals surface area contributed by atoms with Gasteiger partial charge in [0.2, 0.25) is 0 Å². The molecule has 0 bridgehead atoms. The van der Waals surface area contributed by atoms with Crippen LogP contribution in [-0.4, -0.2) is 16.6 Å². The van der Waals surface area contributed by atoms with Crippen molar-refractivity contribution in [2.45, 2.75) is 18.9 Å². The van der Waals surface area contributed by atoms with Crippen LogP contribution in [0.3, 0.4) is 0 Å². The average molecular weight is 242 g/mol. The molecular formula is C9H10BrN2O-. The fourth-order valence-electron chi connectivity index (χ4n) is 1.68. The summed E-state index contributed by atoms with van der Waals surface area (Å²) < 4.78 is 0.935. The number of pyridine rings is 1. The standard InChI is InChI=1S/C9H10BrN2O/c10-8-4-7(5-11-6-8)9-2-1-3-12(9)13/h4-6,9H,1-3H2/q-1/t9-/m1/s1. The van der Waals surface area contributed by atoms with Crippen molar-refractivity contribution in [2.24, 2.45) is 0 Å². The van der Waals surface area contributed by atoms with Crippen LogP contribution >= 0.6 is 15.9 Å². The summed E-state index contributed by atoms with van der Waals surface area (Å²) >= 11 is 3.35. The number of hydrogen-bond donors (Lipinski definition) is 0. The van der Waals surface area contributed by atoms with E-state index in [9.17, 15) is 5.21 Å². The van der Waals surface area contributed by atoms with E-state index in [4.69, 9.17) is 0 Å². The summed E-state index contributed by atoms with van der Waals surface area (Å²) in [4.78, 5) is 4.05. The monoisotopic (exact) mass is 241 g/mol. The van der Waals surface area contributed by atoms with E-state index in [2.05, 4.69) is 20.9 Å². The first-order chi connectivity index (χ1) is 6.27. The molecule has 1 aliphatic heterocycles. The highest BCUT2D eigenvalue weighted by molar-refractivity contribution is 9.10. The Morgan fingerprint density at radius 1 is 1.54 bits per heavy atom. The van der Waals surface area contributed by atoms with Gasteiger partial charge in [0.25, 0.3) is 0 Å². The summed E-state index contributed by atoms with van der Waals surface area (Å²) in [6.07, 6.45) is 5.43. The van der Waals surface area contributed by atoms with Crippen LogP contribution in [0.15, 0.2) is 22.9 Å². The van der Waals surface area contributed by atoms with Crippen LogP contribution in [0, 0.1) is 5.21 Å². The number of rotatable bonds is 1. The predicted molar refractivity (Wildman–Crippen MR) is 54.0 cm³/mol. The lowest BCUT2D eigenvalue weighted by molar-refractivity contribution is 0.359. The molecule has 13 heavy (non-hydrogen) atoms. The average Bonchev–Trinajstić information content (AvgIpc) is 2.51. The van der Waals surface area contributed by atoms with Gasteiger partial charge in [-0.3, -0.25) is 4.98 Å². The zero-order chi connectivity index (χ0) is 9.26. The molecule has 0 aromatic carbocycles. The van der Waals surface area contributed by atoms with Gasteiger partial charge in [-0.2, -0.15) is 0 Å². The summed E-state index contributed by atoms with van der Waals surface area (Å²) in [5.41, 5.74) is 1.02. The van der Waals surface area contributed by atoms with Gasteiger partial charge in [0.05, 0.1) is 0 Å². The molecule has 1 aromatic rings. The molecule has 0 aliphatic carbocycles. The number of nitrogens with zero attached hydrogens (tertiary/aromatic N) is 2. The Balaban J connectivity index is 2.24. The Hall–Kier alpha value is -0.450.